The maximum atomic E-state index is 12.8. The van der Waals surface area contributed by atoms with Crippen molar-refractivity contribution in [2.24, 2.45) is 0 Å². The first-order valence-corrected chi connectivity index (χ1v) is 10.1. The number of carbonyl (C=O) groups excluding carboxylic acids is 2. The molecule has 154 valence electrons. The van der Waals surface area contributed by atoms with Gasteiger partial charge in [0.1, 0.15) is 12.1 Å². The number of aromatic nitrogens is 2. The summed E-state index contributed by atoms with van der Waals surface area (Å²) >= 11 is 0. The summed E-state index contributed by atoms with van der Waals surface area (Å²) in [6.45, 7) is 1.74. The lowest BCUT2D eigenvalue weighted by molar-refractivity contribution is -0.133. The van der Waals surface area contributed by atoms with Gasteiger partial charge in [0.2, 0.25) is 5.91 Å². The summed E-state index contributed by atoms with van der Waals surface area (Å²) in [6, 6.07) is 8.45. The maximum absolute atomic E-state index is 12.8. The first-order valence-electron chi connectivity index (χ1n) is 10.1. The van der Waals surface area contributed by atoms with Gasteiger partial charge in [-0.15, -0.1) is 0 Å². The Morgan fingerprint density at radius 3 is 2.66 bits per heavy atom. The Bertz CT molecular complexity index is 904. The van der Waals surface area contributed by atoms with Gasteiger partial charge in [-0.2, -0.15) is 0 Å². The second-order valence-electron chi connectivity index (χ2n) is 7.60. The number of hydrogen-bond acceptors (Lipinski definition) is 4. The van der Waals surface area contributed by atoms with Crippen molar-refractivity contribution in [3.05, 3.63) is 64.3 Å². The lowest BCUT2D eigenvalue weighted by Gasteiger charge is -2.31. The normalized spacial score (nSPS) is 15.5. The molecule has 0 saturated heterocycles. The lowest BCUT2D eigenvalue weighted by Crippen LogP contribution is -2.42. The third kappa shape index (κ3) is 5.10. The van der Waals surface area contributed by atoms with Gasteiger partial charge in [0.25, 0.3) is 11.5 Å². The van der Waals surface area contributed by atoms with Gasteiger partial charge in [0.15, 0.2) is 0 Å². The van der Waals surface area contributed by atoms with Crippen LogP contribution in [-0.4, -0.2) is 39.4 Å². The van der Waals surface area contributed by atoms with Crippen molar-refractivity contribution in [2.75, 3.05) is 7.05 Å². The first-order chi connectivity index (χ1) is 14.0. The van der Waals surface area contributed by atoms with E-state index in [1.54, 1.807) is 36.5 Å². The first kappa shape index (κ1) is 20.8. The summed E-state index contributed by atoms with van der Waals surface area (Å²) in [6.07, 6.45) is 8.69. The van der Waals surface area contributed by atoms with E-state index in [-0.39, 0.29) is 30.1 Å². The van der Waals surface area contributed by atoms with E-state index in [2.05, 4.69) is 10.3 Å². The van der Waals surface area contributed by atoms with Crippen LogP contribution < -0.4 is 10.9 Å². The van der Waals surface area contributed by atoms with Crippen molar-refractivity contribution < 1.29 is 9.59 Å². The number of nitrogens with one attached hydrogen (secondary N) is 1. The molecule has 2 amide bonds. The van der Waals surface area contributed by atoms with Crippen LogP contribution in [0.1, 0.15) is 61.1 Å². The highest BCUT2D eigenvalue weighted by molar-refractivity contribution is 5.94. The van der Waals surface area contributed by atoms with Gasteiger partial charge >= 0.3 is 0 Å². The molecule has 0 radical (unpaired) electrons. The minimum absolute atomic E-state index is 0.0170. The maximum Gasteiger partial charge on any atom is 0.263 e. The molecule has 3 rings (SSSR count). The fraction of sp³-hybridized carbons (Fsp3) is 0.455. The summed E-state index contributed by atoms with van der Waals surface area (Å²) in [5, 5.41) is 2.80. The number of nitrogens with zero attached hydrogens (tertiary/aromatic N) is 3. The zero-order chi connectivity index (χ0) is 20.8. The third-order valence-electron chi connectivity index (χ3n) is 5.57. The van der Waals surface area contributed by atoms with Crippen molar-refractivity contribution in [2.45, 2.75) is 57.7 Å². The molecule has 7 heteroatoms. The number of likely N-dealkylation sites (N-methyl/N-ethyl adjacent to an activating group) is 1. The van der Waals surface area contributed by atoms with Gasteiger partial charge < -0.3 is 14.8 Å². The molecule has 2 heterocycles. The Balaban J connectivity index is 1.69. The molecule has 0 aromatic carbocycles. The van der Waals surface area contributed by atoms with Gasteiger partial charge in [-0.25, -0.2) is 0 Å². The SMILES string of the molecule is CC(NC(=O)c1cccn(CC(=O)N(C)C2CCCCC2)c1=O)c1ccccn1. The average Bonchev–Trinajstić information content (AvgIpc) is 2.75. The molecular weight excluding hydrogens is 368 g/mol. The zero-order valence-corrected chi connectivity index (χ0v) is 17.0. The smallest absolute Gasteiger partial charge is 0.263 e. The topological polar surface area (TPSA) is 84.3 Å². The minimum atomic E-state index is -0.476. The molecule has 2 aromatic heterocycles. The molecule has 7 nitrogen and oxygen atoms in total. The number of carbonyl (C=O) groups is 2. The van der Waals surface area contributed by atoms with Crippen LogP contribution in [0.3, 0.4) is 0 Å². The van der Waals surface area contributed by atoms with Gasteiger partial charge in [-0.1, -0.05) is 25.3 Å². The Morgan fingerprint density at radius 2 is 1.97 bits per heavy atom. The van der Waals surface area contributed by atoms with Gasteiger partial charge in [-0.3, -0.25) is 19.4 Å². The molecule has 1 atom stereocenters. The van der Waals surface area contributed by atoms with Crippen LogP contribution in [0.5, 0.6) is 0 Å². The predicted octanol–water partition coefficient (Wildman–Crippen LogP) is 2.53. The quantitative estimate of drug-likeness (QED) is 0.813. The van der Waals surface area contributed by atoms with Crippen molar-refractivity contribution in [3.63, 3.8) is 0 Å². The minimum Gasteiger partial charge on any atom is -0.344 e. The van der Waals surface area contributed by atoms with Gasteiger partial charge in [-0.05, 0) is 44.0 Å². The lowest BCUT2D eigenvalue weighted by atomic mass is 9.94. The predicted molar refractivity (Wildman–Crippen MR) is 110 cm³/mol. The van der Waals surface area contributed by atoms with Gasteiger partial charge in [0, 0.05) is 25.5 Å². The van der Waals surface area contributed by atoms with Crippen LogP contribution in [0, 0.1) is 0 Å². The van der Waals surface area contributed by atoms with E-state index in [4.69, 9.17) is 0 Å². The van der Waals surface area contributed by atoms with Crippen molar-refractivity contribution in [1.82, 2.24) is 19.8 Å². The Hall–Kier alpha value is -2.96. The van der Waals surface area contributed by atoms with Crippen molar-refractivity contribution in [3.8, 4) is 0 Å². The standard InChI is InChI=1S/C22H28N4O3/c1-16(19-12-6-7-13-23-19)24-21(28)18-11-8-14-26(22(18)29)15-20(27)25(2)17-9-4-3-5-10-17/h6-8,11-14,16-17H,3-5,9-10,15H2,1-2H3,(H,24,28). The summed E-state index contributed by atoms with van der Waals surface area (Å²) < 4.78 is 1.31. The highest BCUT2D eigenvalue weighted by atomic mass is 16.2. The Kier molecular flexibility index (Phi) is 6.80. The highest BCUT2D eigenvalue weighted by Gasteiger charge is 2.23. The van der Waals surface area contributed by atoms with E-state index >= 15 is 0 Å². The summed E-state index contributed by atoms with van der Waals surface area (Å²) in [4.78, 5) is 44.0. The van der Waals surface area contributed by atoms with Crippen LogP contribution in [0.25, 0.3) is 0 Å². The second-order valence-corrected chi connectivity index (χ2v) is 7.60. The van der Waals surface area contributed by atoms with E-state index in [0.717, 1.165) is 25.7 Å². The van der Waals surface area contributed by atoms with E-state index in [1.165, 1.54) is 17.1 Å². The Morgan fingerprint density at radius 1 is 1.21 bits per heavy atom. The molecule has 29 heavy (non-hydrogen) atoms. The fourth-order valence-corrected chi connectivity index (χ4v) is 3.74. The molecule has 0 aliphatic heterocycles. The number of rotatable bonds is 6. The van der Waals surface area contributed by atoms with Crippen LogP contribution in [0.4, 0.5) is 0 Å². The molecule has 1 aliphatic rings. The van der Waals surface area contributed by atoms with Crippen LogP contribution >= 0.6 is 0 Å². The van der Waals surface area contributed by atoms with Crippen LogP contribution in [0.15, 0.2) is 47.5 Å². The summed E-state index contributed by atoms with van der Waals surface area (Å²) in [5.74, 6) is -0.589. The molecule has 1 fully saturated rings. The Labute approximate surface area is 170 Å². The molecule has 2 aromatic rings. The summed E-state index contributed by atoms with van der Waals surface area (Å²) in [5.41, 5.74) is 0.258. The summed E-state index contributed by atoms with van der Waals surface area (Å²) in [7, 11) is 1.80. The van der Waals surface area contributed by atoms with Crippen molar-refractivity contribution in [1.29, 1.82) is 0 Å². The molecule has 0 bridgehead atoms. The average molecular weight is 396 g/mol. The zero-order valence-electron chi connectivity index (χ0n) is 17.0. The molecular formula is C22H28N4O3. The largest absolute Gasteiger partial charge is 0.344 e. The number of pyridine rings is 2. The van der Waals surface area contributed by atoms with E-state index in [9.17, 15) is 14.4 Å². The second kappa shape index (κ2) is 9.49. The van der Waals surface area contributed by atoms with Gasteiger partial charge in [0.05, 0.1) is 11.7 Å². The monoisotopic (exact) mass is 396 g/mol. The molecule has 1 saturated carbocycles. The molecule has 1 N–H and O–H groups in total. The third-order valence-corrected chi connectivity index (χ3v) is 5.57. The molecule has 1 aliphatic carbocycles. The van der Waals surface area contributed by atoms with E-state index < -0.39 is 11.5 Å². The molecule has 0 spiro atoms. The number of amides is 2. The van der Waals surface area contributed by atoms with E-state index in [1.807, 2.05) is 19.1 Å². The fourth-order valence-electron chi connectivity index (χ4n) is 3.74. The molecule has 1 unspecified atom stereocenters. The number of hydrogen-bond donors (Lipinski definition) is 1. The van der Waals surface area contributed by atoms with Crippen LogP contribution in [0.2, 0.25) is 0 Å². The highest BCUT2D eigenvalue weighted by Crippen LogP contribution is 2.21. The van der Waals surface area contributed by atoms with Crippen molar-refractivity contribution >= 4 is 11.8 Å². The van der Waals surface area contributed by atoms with E-state index in [0.29, 0.717) is 5.69 Å². The van der Waals surface area contributed by atoms with Crippen LogP contribution in [-0.2, 0) is 11.3 Å².